The van der Waals surface area contributed by atoms with Crippen LogP contribution < -0.4 is 0 Å². The Kier molecular flexibility index (Phi) is 8.83. The van der Waals surface area contributed by atoms with Crippen LogP contribution in [0.1, 0.15) is 58.1 Å². The minimum atomic E-state index is -1.25. The van der Waals surface area contributed by atoms with Crippen molar-refractivity contribution in [2.45, 2.75) is 95.5 Å². The Balaban J connectivity index is 1.20. The monoisotopic (exact) mass is 589 g/mol. The molecule has 6 atom stereocenters. The van der Waals surface area contributed by atoms with Gasteiger partial charge in [0.25, 0.3) is 0 Å². The first-order valence-corrected chi connectivity index (χ1v) is 14.4. The highest BCUT2D eigenvalue weighted by molar-refractivity contribution is 5.88. The minimum Gasteiger partial charge on any atom is -0.444 e. The zero-order valence-corrected chi connectivity index (χ0v) is 24.4. The molecule has 0 bridgehead atoms. The fraction of sp³-hybridized carbons (Fsp3) is 0.655. The van der Waals surface area contributed by atoms with Gasteiger partial charge in [-0.2, -0.15) is 0 Å². The number of hydrogen-bond acceptors (Lipinski definition) is 10. The summed E-state index contributed by atoms with van der Waals surface area (Å²) in [6.07, 6.45) is -0.915. The first-order chi connectivity index (χ1) is 19.9. The van der Waals surface area contributed by atoms with Crippen LogP contribution in [0.4, 0.5) is 9.18 Å². The number of aliphatic hydroxyl groups excluding tert-OH is 3. The Morgan fingerprint density at radius 1 is 1.17 bits per heavy atom. The highest BCUT2D eigenvalue weighted by atomic mass is 19.1. The molecule has 12 nitrogen and oxygen atoms in total. The zero-order valence-electron chi connectivity index (χ0n) is 24.4. The number of carbonyl (C=O) groups excluding carboxylic acids is 1. The summed E-state index contributed by atoms with van der Waals surface area (Å²) in [5, 5.41) is 44.8. The molecule has 1 aromatic heterocycles. The number of aromatic nitrogens is 3. The van der Waals surface area contributed by atoms with Crippen LogP contribution in [-0.2, 0) is 14.3 Å². The van der Waals surface area contributed by atoms with Crippen molar-refractivity contribution in [3.63, 3.8) is 0 Å². The number of rotatable bonds is 6. The van der Waals surface area contributed by atoms with Crippen LogP contribution in [0.5, 0.6) is 0 Å². The molecular weight excluding hydrogens is 549 g/mol. The third kappa shape index (κ3) is 6.59. The fourth-order valence-corrected chi connectivity index (χ4v) is 5.84. The number of nitrogens with zero attached hydrogens (tertiary/aromatic N) is 5. The van der Waals surface area contributed by atoms with Gasteiger partial charge in [0.15, 0.2) is 0 Å². The Morgan fingerprint density at radius 3 is 2.55 bits per heavy atom. The average Bonchev–Trinajstić information content (AvgIpc) is 3.61. The molecule has 2 fully saturated rings. The van der Waals surface area contributed by atoms with E-state index in [-0.39, 0.29) is 30.4 Å². The van der Waals surface area contributed by atoms with E-state index >= 15 is 0 Å². The van der Waals surface area contributed by atoms with E-state index in [2.05, 4.69) is 15.5 Å². The van der Waals surface area contributed by atoms with E-state index in [9.17, 15) is 24.5 Å². The standard InChI is InChI=1S/C29H40FN5O7/c1-16-11-18(5-6-20(16)30)22-14-35(33-31-22)25-26(37)23(40-24(15-36)27(25)38)13-19-12-21(32-42-19)17-7-9-34(10-8-17)28(39)41-29(2,3)4/h5-6,11,14,17,19,23-27,36-38H,7-10,12-13,15H2,1-4H3/t19?,23-,24-,25-,26+,27+/m1/s1. The number of oxime groups is 1. The lowest BCUT2D eigenvalue weighted by atomic mass is 9.86. The van der Waals surface area contributed by atoms with Crippen LogP contribution in [0.25, 0.3) is 11.3 Å². The largest absolute Gasteiger partial charge is 0.444 e. The van der Waals surface area contributed by atoms with Crippen LogP contribution in [0, 0.1) is 18.7 Å². The SMILES string of the molecule is Cc1cc(-c2cn([C@H]3[C@@H](O)[C@@H](CO)O[C@H](CC4CC(C5CCN(C(=O)OC(C)(C)C)CC5)=NO4)[C@@H]3O)nn2)ccc1F. The Bertz CT molecular complexity index is 1290. The van der Waals surface area contributed by atoms with Crippen molar-refractivity contribution in [2.24, 2.45) is 11.1 Å². The lowest BCUT2D eigenvalue weighted by molar-refractivity contribution is -0.212. The molecule has 4 heterocycles. The van der Waals surface area contributed by atoms with E-state index in [1.807, 2.05) is 20.8 Å². The van der Waals surface area contributed by atoms with Crippen molar-refractivity contribution < 1.29 is 38.8 Å². The van der Waals surface area contributed by atoms with Gasteiger partial charge in [0.2, 0.25) is 0 Å². The van der Waals surface area contributed by atoms with Crippen molar-refractivity contribution >= 4 is 11.8 Å². The maximum Gasteiger partial charge on any atom is 0.410 e. The van der Waals surface area contributed by atoms with Gasteiger partial charge in [-0.25, -0.2) is 13.9 Å². The number of likely N-dealkylation sites (tertiary alicyclic amines) is 1. The molecule has 1 amide bonds. The van der Waals surface area contributed by atoms with Crippen LogP contribution in [0.3, 0.4) is 0 Å². The third-order valence-corrected chi connectivity index (χ3v) is 8.13. The van der Waals surface area contributed by atoms with Gasteiger partial charge in [-0.05, 0) is 64.3 Å². The van der Waals surface area contributed by atoms with Crippen LogP contribution in [0.2, 0.25) is 0 Å². The average molecular weight is 590 g/mol. The summed E-state index contributed by atoms with van der Waals surface area (Å²) < 4.78 is 26.5. The second-order valence-electron chi connectivity index (χ2n) is 12.4. The lowest BCUT2D eigenvalue weighted by Gasteiger charge is -2.42. The van der Waals surface area contributed by atoms with Crippen molar-refractivity contribution in [1.29, 1.82) is 0 Å². The molecule has 1 aromatic carbocycles. The minimum absolute atomic E-state index is 0.175. The third-order valence-electron chi connectivity index (χ3n) is 8.13. The molecule has 3 N–H and O–H groups in total. The Hall–Kier alpha value is -3.13. The molecule has 2 aromatic rings. The predicted octanol–water partition coefficient (Wildman–Crippen LogP) is 2.60. The molecule has 230 valence electrons. The van der Waals surface area contributed by atoms with Crippen molar-refractivity contribution in [3.8, 4) is 11.3 Å². The van der Waals surface area contributed by atoms with Gasteiger partial charge in [-0.3, -0.25) is 0 Å². The fourth-order valence-electron chi connectivity index (χ4n) is 5.84. The quantitative estimate of drug-likeness (QED) is 0.462. The molecule has 0 radical (unpaired) electrons. The molecule has 3 aliphatic heterocycles. The molecule has 42 heavy (non-hydrogen) atoms. The summed E-state index contributed by atoms with van der Waals surface area (Å²) >= 11 is 0. The number of amides is 1. The normalized spacial score (nSPS) is 28.9. The summed E-state index contributed by atoms with van der Waals surface area (Å²) in [4.78, 5) is 19.8. The molecule has 1 unspecified atom stereocenters. The van der Waals surface area contributed by atoms with Crippen LogP contribution in [-0.4, -0.2) is 103 Å². The number of ether oxygens (including phenoxy) is 2. The van der Waals surface area contributed by atoms with Gasteiger partial charge in [0.05, 0.1) is 24.6 Å². The molecule has 13 heteroatoms. The van der Waals surface area contributed by atoms with E-state index in [0.717, 1.165) is 18.6 Å². The molecule has 0 spiro atoms. The van der Waals surface area contributed by atoms with Gasteiger partial charge in [0.1, 0.15) is 47.6 Å². The first-order valence-electron chi connectivity index (χ1n) is 14.4. The molecule has 0 saturated carbocycles. The summed E-state index contributed by atoms with van der Waals surface area (Å²) in [6, 6.07) is 3.64. The molecular formula is C29H40FN5O7. The maximum atomic E-state index is 13.7. The Morgan fingerprint density at radius 2 is 1.88 bits per heavy atom. The number of piperidine rings is 1. The maximum absolute atomic E-state index is 13.7. The summed E-state index contributed by atoms with van der Waals surface area (Å²) in [7, 11) is 0. The smallest absolute Gasteiger partial charge is 0.410 e. The van der Waals surface area contributed by atoms with Gasteiger partial charge in [-0.15, -0.1) is 5.10 Å². The first kappa shape index (κ1) is 30.3. The van der Waals surface area contributed by atoms with Gasteiger partial charge < -0.3 is 34.5 Å². The van der Waals surface area contributed by atoms with Crippen molar-refractivity contribution in [3.05, 3.63) is 35.8 Å². The number of benzene rings is 1. The molecule has 5 rings (SSSR count). The number of aliphatic hydroxyl groups is 3. The van der Waals surface area contributed by atoms with E-state index in [1.165, 1.54) is 10.7 Å². The second kappa shape index (κ2) is 12.2. The van der Waals surface area contributed by atoms with Gasteiger partial charge in [0, 0.05) is 37.4 Å². The second-order valence-corrected chi connectivity index (χ2v) is 12.4. The van der Waals surface area contributed by atoms with Crippen molar-refractivity contribution in [1.82, 2.24) is 19.9 Å². The summed E-state index contributed by atoms with van der Waals surface area (Å²) in [6.45, 7) is 7.88. The molecule has 3 aliphatic rings. The van der Waals surface area contributed by atoms with Gasteiger partial charge in [-0.1, -0.05) is 10.4 Å². The van der Waals surface area contributed by atoms with Crippen LogP contribution in [0.15, 0.2) is 29.6 Å². The number of carbonyl (C=O) groups is 1. The highest BCUT2D eigenvalue weighted by Gasteiger charge is 2.47. The molecule has 0 aliphatic carbocycles. The number of halogens is 1. The summed E-state index contributed by atoms with van der Waals surface area (Å²) in [5.74, 6) is -0.156. The van der Waals surface area contributed by atoms with E-state index in [1.54, 1.807) is 30.2 Å². The topological polar surface area (TPSA) is 152 Å². The number of hydrogen-bond donors (Lipinski definition) is 3. The Labute approximate surface area is 244 Å². The lowest BCUT2D eigenvalue weighted by Crippen LogP contribution is -2.56. The van der Waals surface area contributed by atoms with Crippen molar-refractivity contribution in [2.75, 3.05) is 19.7 Å². The zero-order chi connectivity index (χ0) is 30.2. The van der Waals surface area contributed by atoms with E-state index < -0.39 is 42.7 Å². The molecule has 2 saturated heterocycles. The van der Waals surface area contributed by atoms with Gasteiger partial charge >= 0.3 is 6.09 Å². The van der Waals surface area contributed by atoms with Crippen LogP contribution >= 0.6 is 0 Å². The highest BCUT2D eigenvalue weighted by Crippen LogP contribution is 2.35. The van der Waals surface area contributed by atoms with E-state index in [0.29, 0.717) is 36.3 Å². The predicted molar refractivity (Wildman–Crippen MR) is 149 cm³/mol. The number of aryl methyl sites for hydroxylation is 1. The summed E-state index contributed by atoms with van der Waals surface area (Å²) in [5.41, 5.74) is 1.93. The van der Waals surface area contributed by atoms with E-state index in [4.69, 9.17) is 14.3 Å².